The third-order valence-corrected chi connectivity index (χ3v) is 25.5. The number of aromatic nitrogens is 9. The summed E-state index contributed by atoms with van der Waals surface area (Å²) < 4.78 is 12.8. The number of hydrogen-bond acceptors (Lipinski definition) is 7. The molecule has 10 heteroatoms. The molecular formula is C118H73N9O. The lowest BCUT2D eigenvalue weighted by Crippen LogP contribution is -1.90. The van der Waals surface area contributed by atoms with Crippen LogP contribution in [0.5, 0.6) is 0 Å². The van der Waals surface area contributed by atoms with Crippen molar-refractivity contribution >= 4 is 147 Å². The van der Waals surface area contributed by atoms with Gasteiger partial charge in [0, 0.05) is 108 Å². The van der Waals surface area contributed by atoms with Crippen molar-refractivity contribution in [2.75, 3.05) is 0 Å². The van der Waals surface area contributed by atoms with Crippen LogP contribution in [-0.2, 0) is 0 Å². The van der Waals surface area contributed by atoms with Crippen molar-refractivity contribution < 1.29 is 4.42 Å². The van der Waals surface area contributed by atoms with Crippen LogP contribution in [0.15, 0.2) is 448 Å². The van der Waals surface area contributed by atoms with Gasteiger partial charge >= 0.3 is 0 Å². The van der Waals surface area contributed by atoms with Gasteiger partial charge in [-0.3, -0.25) is 28.2 Å². The third kappa shape index (κ3) is 12.6. The zero-order chi connectivity index (χ0) is 84.3. The van der Waals surface area contributed by atoms with Gasteiger partial charge in [0.05, 0.1) is 50.2 Å². The summed E-state index contributed by atoms with van der Waals surface area (Å²) in [5.74, 6) is 0. The van der Waals surface area contributed by atoms with E-state index in [9.17, 15) is 0 Å². The molecule has 0 saturated heterocycles. The monoisotopic (exact) mass is 1630 g/mol. The first kappa shape index (κ1) is 73.4. The summed E-state index contributed by atoms with van der Waals surface area (Å²) in [4.78, 5) is 29.9. The van der Waals surface area contributed by atoms with Crippen molar-refractivity contribution in [1.29, 1.82) is 0 Å². The maximum Gasteiger partial charge on any atom is 0.137 e. The molecule has 0 aliphatic rings. The Balaban J connectivity index is 0.000000105. The van der Waals surface area contributed by atoms with E-state index in [1.54, 1.807) is 0 Å². The first-order valence-corrected chi connectivity index (χ1v) is 43.2. The number of imidazole rings is 3. The van der Waals surface area contributed by atoms with Gasteiger partial charge in [-0.2, -0.15) is 0 Å². The van der Waals surface area contributed by atoms with Gasteiger partial charge in [-0.25, -0.2) is 15.0 Å². The predicted octanol–water partition coefficient (Wildman–Crippen LogP) is 30.6. The molecule has 27 aromatic rings. The van der Waals surface area contributed by atoms with E-state index in [2.05, 4.69) is 402 Å². The highest BCUT2D eigenvalue weighted by Gasteiger charge is 2.22. The van der Waals surface area contributed by atoms with Gasteiger partial charge < -0.3 is 4.42 Å². The zero-order valence-corrected chi connectivity index (χ0v) is 69.1. The summed E-state index contributed by atoms with van der Waals surface area (Å²) in [7, 11) is 0. The van der Waals surface area contributed by atoms with E-state index < -0.39 is 0 Å². The highest BCUT2D eigenvalue weighted by atomic mass is 16.3. The summed E-state index contributed by atoms with van der Waals surface area (Å²) in [5, 5.41) is 18.9. The zero-order valence-electron chi connectivity index (χ0n) is 69.1. The summed E-state index contributed by atoms with van der Waals surface area (Å²) in [6.07, 6.45) is 12.2. The fourth-order valence-corrected chi connectivity index (χ4v) is 19.3. The average Bonchev–Trinajstić information content (AvgIpc) is 1.55. The molecule has 0 unspecified atom stereocenters. The lowest BCUT2D eigenvalue weighted by Gasteiger charge is -2.12. The maximum atomic E-state index is 6.20. The molecule has 27 rings (SSSR count). The van der Waals surface area contributed by atoms with E-state index in [0.29, 0.717) is 0 Å². The second-order valence-electron chi connectivity index (χ2n) is 32.9. The number of rotatable bonds is 9. The van der Waals surface area contributed by atoms with Crippen LogP contribution in [0.1, 0.15) is 0 Å². The molecule has 596 valence electrons. The average molecular weight is 1630 g/mol. The number of pyridine rings is 6. The van der Waals surface area contributed by atoms with Gasteiger partial charge in [-0.05, 0) is 214 Å². The third-order valence-electron chi connectivity index (χ3n) is 25.5. The van der Waals surface area contributed by atoms with Crippen LogP contribution >= 0.6 is 0 Å². The summed E-state index contributed by atoms with van der Waals surface area (Å²) in [6, 6.07) is 143. The quantitative estimate of drug-likeness (QED) is 0.133. The Kier molecular flexibility index (Phi) is 17.4. The molecule has 0 bridgehead atoms. The second-order valence-corrected chi connectivity index (χ2v) is 32.9. The van der Waals surface area contributed by atoms with Crippen molar-refractivity contribution in [3.05, 3.63) is 444 Å². The molecular weight excluding hydrogens is 1560 g/mol. The topological polar surface area (TPSA) is 104 Å². The van der Waals surface area contributed by atoms with Crippen molar-refractivity contribution in [3.8, 4) is 101 Å². The summed E-state index contributed by atoms with van der Waals surface area (Å²) >= 11 is 0. The minimum Gasteiger partial charge on any atom is -0.456 e. The molecule has 0 atom stereocenters. The fraction of sp³-hybridized carbons (Fsp3) is 0. The fourth-order valence-electron chi connectivity index (χ4n) is 19.3. The Morgan fingerprint density at radius 3 is 1.00 bits per heavy atom. The molecule has 10 nitrogen and oxygen atoms in total. The van der Waals surface area contributed by atoms with E-state index >= 15 is 0 Å². The van der Waals surface area contributed by atoms with Crippen LogP contribution in [0.2, 0.25) is 0 Å². The van der Waals surface area contributed by atoms with E-state index in [1.807, 2.05) is 55.0 Å². The van der Waals surface area contributed by atoms with E-state index in [-0.39, 0.29) is 0 Å². The minimum atomic E-state index is 0.889. The molecule has 0 saturated carbocycles. The molecule has 10 aromatic heterocycles. The summed E-state index contributed by atoms with van der Waals surface area (Å²) in [5.41, 5.74) is 31.2. The molecule has 0 radical (unpaired) electrons. The van der Waals surface area contributed by atoms with Crippen molar-refractivity contribution in [2.24, 2.45) is 0 Å². The van der Waals surface area contributed by atoms with Crippen LogP contribution < -0.4 is 0 Å². The van der Waals surface area contributed by atoms with Crippen LogP contribution in [0.3, 0.4) is 0 Å². The normalized spacial score (nSPS) is 11.8. The molecule has 10 heterocycles. The van der Waals surface area contributed by atoms with E-state index in [4.69, 9.17) is 34.3 Å². The van der Waals surface area contributed by atoms with E-state index in [1.165, 1.54) is 104 Å². The van der Waals surface area contributed by atoms with Gasteiger partial charge in [-0.1, -0.05) is 291 Å². The Hall–Kier alpha value is -17.3. The predicted molar refractivity (Wildman–Crippen MR) is 530 cm³/mol. The van der Waals surface area contributed by atoms with Crippen molar-refractivity contribution in [1.82, 2.24) is 43.1 Å². The van der Waals surface area contributed by atoms with Gasteiger partial charge in [-0.15, -0.1) is 0 Å². The molecule has 0 spiro atoms. The van der Waals surface area contributed by atoms with Crippen LogP contribution in [0.4, 0.5) is 0 Å². The smallest absolute Gasteiger partial charge is 0.137 e. The van der Waals surface area contributed by atoms with Gasteiger partial charge in [0.2, 0.25) is 0 Å². The first-order chi connectivity index (χ1) is 63.4. The molecule has 0 N–H and O–H groups in total. The number of para-hydroxylation sites is 1. The number of benzene rings is 17. The van der Waals surface area contributed by atoms with Crippen LogP contribution in [0.25, 0.3) is 248 Å². The van der Waals surface area contributed by atoms with Crippen LogP contribution in [-0.4, -0.2) is 43.1 Å². The van der Waals surface area contributed by atoms with Gasteiger partial charge in [0.25, 0.3) is 0 Å². The molecule has 0 amide bonds. The molecule has 0 aliphatic carbocycles. The molecule has 17 aromatic carbocycles. The Morgan fingerprint density at radius 1 is 0.188 bits per heavy atom. The van der Waals surface area contributed by atoms with Gasteiger partial charge in [0.15, 0.2) is 0 Å². The lowest BCUT2D eigenvalue weighted by atomic mass is 9.94. The Morgan fingerprint density at radius 2 is 0.531 bits per heavy atom. The summed E-state index contributed by atoms with van der Waals surface area (Å²) in [6.45, 7) is 0. The van der Waals surface area contributed by atoms with Gasteiger partial charge in [0.1, 0.15) is 28.1 Å². The highest BCUT2D eigenvalue weighted by Crippen LogP contribution is 2.45. The largest absolute Gasteiger partial charge is 0.456 e. The number of furan rings is 1. The number of nitrogens with zero attached hydrogens (tertiary/aromatic N) is 9. The molecule has 128 heavy (non-hydrogen) atoms. The molecule has 0 fully saturated rings. The standard InChI is InChI=1S/C42H25N3O.C40H25N3.C36H23N3/c1-2-8-26(9-3-1)27-14-17-33-35(22-27)36-23-30(15-18-34(36)42-41(33)44-40-12-6-7-21-45(40)42)37-24-29(19-20-43-37)28-13-16-32-31-10-4-5-11-38(31)46-39(32)25-28;1-2-9-26(10-3-1)28-16-19-33-35(23-28)36-24-29(17-20-34(36)40-39(33)42-38-15-6-7-22-43(38)40)37-21-18-30(25-41-37)32-14-8-12-27-11-4-5-13-31(27)32;1-3-9-24(10-4-1)26-14-17-29-31(21-26)32-22-27(33-19-16-28(23-37-33)25-11-5-2-6-12-25)15-18-30(32)36-35(29)38-34-13-7-8-20-39(34)36/h1-25H;1-25H;1-23H. The Labute approximate surface area is 734 Å². The van der Waals surface area contributed by atoms with E-state index in [0.717, 1.165) is 144 Å². The second kappa shape index (κ2) is 30.3. The Bertz CT molecular complexity index is 9110. The minimum absolute atomic E-state index is 0.889. The molecule has 0 aliphatic heterocycles. The van der Waals surface area contributed by atoms with Crippen molar-refractivity contribution in [2.45, 2.75) is 0 Å². The van der Waals surface area contributed by atoms with Crippen molar-refractivity contribution in [3.63, 3.8) is 0 Å². The van der Waals surface area contributed by atoms with Crippen LogP contribution in [0, 0.1) is 0 Å². The number of fused-ring (bicyclic) bond motifs is 28. The number of hydrogen-bond donors (Lipinski definition) is 0. The maximum absolute atomic E-state index is 6.20. The SMILES string of the molecule is c1ccc(-c2ccc(-c3ccc4c(c3)c3cc(-c5ccccc5)ccc3c3nc5ccccn5c43)nc2)cc1.c1ccc(-c2ccc3c(c2)c2cc(-c4cc(-c5ccc6c(c5)oc5ccccc56)ccn4)ccc2c2c3nc3ccccn32)cc1.c1ccc(-c2ccc3c(c2)c2cc(-c4ccc(-c5cccc6ccccc56)cn4)ccc2c2c3nc3ccccn32)cc1. The lowest BCUT2D eigenvalue weighted by molar-refractivity contribution is 0.669. The highest BCUT2D eigenvalue weighted by molar-refractivity contribution is 6.28. The first-order valence-electron chi connectivity index (χ1n) is 43.2.